The molecule has 1 fully saturated rings. The maximum absolute atomic E-state index is 6.55. The van der Waals surface area contributed by atoms with Crippen LogP contribution in [0.2, 0.25) is 0 Å². The molecule has 2 N–H and O–H groups in total. The summed E-state index contributed by atoms with van der Waals surface area (Å²) in [5, 5.41) is 2.79. The second kappa shape index (κ2) is 4.57. The number of benzene rings is 2. The van der Waals surface area contributed by atoms with Crippen LogP contribution >= 0.6 is 0 Å². The minimum absolute atomic E-state index is 0.0163. The molecule has 0 bridgehead atoms. The fraction of sp³-hybridized carbons (Fsp3) is 0.444. The smallest absolute Gasteiger partial charge is 0.0794 e. The zero-order chi connectivity index (χ0) is 13.7. The lowest BCUT2D eigenvalue weighted by atomic mass is 9.89. The van der Waals surface area contributed by atoms with E-state index in [-0.39, 0.29) is 12.1 Å². The van der Waals surface area contributed by atoms with E-state index in [0.717, 1.165) is 13.0 Å². The van der Waals surface area contributed by atoms with Crippen LogP contribution in [-0.2, 0) is 17.6 Å². The molecule has 0 amide bonds. The van der Waals surface area contributed by atoms with Crippen LogP contribution < -0.4 is 5.73 Å². The molecule has 3 unspecified atom stereocenters. The van der Waals surface area contributed by atoms with Gasteiger partial charge in [-0.25, -0.2) is 0 Å². The van der Waals surface area contributed by atoms with Gasteiger partial charge in [0.2, 0.25) is 0 Å². The van der Waals surface area contributed by atoms with Crippen molar-refractivity contribution in [1.82, 2.24) is 0 Å². The van der Waals surface area contributed by atoms with E-state index in [1.807, 2.05) is 0 Å². The molecule has 1 saturated heterocycles. The largest absolute Gasteiger partial charge is 0.376 e. The number of nitrogens with two attached hydrogens (primary N) is 1. The molecule has 1 aliphatic carbocycles. The van der Waals surface area contributed by atoms with E-state index in [2.05, 4.69) is 37.3 Å². The fourth-order valence-electron chi connectivity index (χ4n) is 3.91. The highest BCUT2D eigenvalue weighted by Crippen LogP contribution is 2.37. The fourth-order valence-corrected chi connectivity index (χ4v) is 3.91. The Labute approximate surface area is 119 Å². The van der Waals surface area contributed by atoms with Gasteiger partial charge < -0.3 is 10.5 Å². The Hall–Kier alpha value is -1.38. The summed E-state index contributed by atoms with van der Waals surface area (Å²) in [4.78, 5) is 0. The molecule has 2 nitrogen and oxygen atoms in total. The van der Waals surface area contributed by atoms with Crippen LogP contribution in [0.4, 0.5) is 0 Å². The molecule has 0 spiro atoms. The van der Waals surface area contributed by atoms with Crippen molar-refractivity contribution in [3.05, 3.63) is 47.0 Å². The number of ether oxygens (including phenoxy) is 1. The minimum Gasteiger partial charge on any atom is -0.376 e. The van der Waals surface area contributed by atoms with Gasteiger partial charge in [-0.1, -0.05) is 37.3 Å². The van der Waals surface area contributed by atoms with E-state index in [1.54, 1.807) is 0 Å². The first-order valence-corrected chi connectivity index (χ1v) is 7.66. The third kappa shape index (κ3) is 1.72. The van der Waals surface area contributed by atoms with Crippen molar-refractivity contribution in [3.63, 3.8) is 0 Å². The predicted molar refractivity (Wildman–Crippen MR) is 81.8 cm³/mol. The van der Waals surface area contributed by atoms with Gasteiger partial charge in [0.25, 0.3) is 0 Å². The number of rotatable bonds is 2. The van der Waals surface area contributed by atoms with Crippen LogP contribution in [0.5, 0.6) is 0 Å². The first-order valence-electron chi connectivity index (χ1n) is 7.66. The van der Waals surface area contributed by atoms with E-state index in [9.17, 15) is 0 Å². The van der Waals surface area contributed by atoms with Gasteiger partial charge in [-0.2, -0.15) is 0 Å². The van der Waals surface area contributed by atoms with Gasteiger partial charge in [-0.05, 0) is 52.6 Å². The molecular weight excluding hydrogens is 246 g/mol. The first-order chi connectivity index (χ1) is 9.75. The molecule has 3 atom stereocenters. The summed E-state index contributed by atoms with van der Waals surface area (Å²) >= 11 is 0. The molecule has 1 heterocycles. The molecule has 2 aromatic carbocycles. The summed E-state index contributed by atoms with van der Waals surface area (Å²) in [5.41, 5.74) is 10.8. The predicted octanol–water partition coefficient (Wildman–Crippen LogP) is 3.36. The summed E-state index contributed by atoms with van der Waals surface area (Å²) < 4.78 is 5.88. The van der Waals surface area contributed by atoms with Crippen molar-refractivity contribution in [3.8, 4) is 0 Å². The zero-order valence-corrected chi connectivity index (χ0v) is 11.9. The quantitative estimate of drug-likeness (QED) is 0.905. The van der Waals surface area contributed by atoms with Crippen molar-refractivity contribution in [2.24, 2.45) is 11.7 Å². The van der Waals surface area contributed by atoms with Gasteiger partial charge in [0.1, 0.15) is 0 Å². The van der Waals surface area contributed by atoms with Crippen LogP contribution in [-0.4, -0.2) is 12.7 Å². The summed E-state index contributed by atoms with van der Waals surface area (Å²) in [6.07, 6.45) is 3.62. The van der Waals surface area contributed by atoms with Crippen LogP contribution in [0.15, 0.2) is 30.3 Å². The zero-order valence-electron chi connectivity index (χ0n) is 11.9. The Bertz CT molecular complexity index is 654. The average Bonchev–Trinajstić information content (AvgIpc) is 3.07. The molecule has 2 heteroatoms. The Morgan fingerprint density at radius 2 is 1.95 bits per heavy atom. The van der Waals surface area contributed by atoms with Crippen molar-refractivity contribution in [2.75, 3.05) is 6.61 Å². The van der Waals surface area contributed by atoms with Gasteiger partial charge in [0.05, 0.1) is 12.1 Å². The maximum Gasteiger partial charge on any atom is 0.0794 e. The monoisotopic (exact) mass is 267 g/mol. The Balaban J connectivity index is 1.85. The molecule has 0 aromatic heterocycles. The summed E-state index contributed by atoms with van der Waals surface area (Å²) in [6, 6.07) is 11.1. The van der Waals surface area contributed by atoms with E-state index in [0.29, 0.717) is 5.92 Å². The molecule has 4 rings (SSSR count). The Morgan fingerprint density at radius 3 is 2.70 bits per heavy atom. The highest BCUT2D eigenvalue weighted by molar-refractivity contribution is 5.93. The molecule has 2 aliphatic rings. The molecule has 2 aromatic rings. The topological polar surface area (TPSA) is 35.2 Å². The normalized spacial score (nSPS) is 26.3. The van der Waals surface area contributed by atoms with Gasteiger partial charge in [-0.3, -0.25) is 0 Å². The highest BCUT2D eigenvalue weighted by Gasteiger charge is 2.32. The second-order valence-electron chi connectivity index (χ2n) is 6.28. The standard InChI is InChI=1S/C18H21NO/c1-11-9-10-20-18(11)17(19)15-8-7-13-6-5-12-3-2-4-14(15)16(12)13/h2-4,7-8,11,17-18H,5-6,9-10,19H2,1H3. The van der Waals surface area contributed by atoms with Gasteiger partial charge in [-0.15, -0.1) is 0 Å². The van der Waals surface area contributed by atoms with E-state index in [1.165, 1.54) is 40.3 Å². The summed E-state index contributed by atoms with van der Waals surface area (Å²) in [5.74, 6) is 0.549. The van der Waals surface area contributed by atoms with E-state index >= 15 is 0 Å². The lowest BCUT2D eigenvalue weighted by Gasteiger charge is -2.24. The van der Waals surface area contributed by atoms with Gasteiger partial charge in [0, 0.05) is 6.61 Å². The third-order valence-electron chi connectivity index (χ3n) is 5.07. The number of aryl methyl sites for hydroxylation is 2. The van der Waals surface area contributed by atoms with Crippen LogP contribution in [0.25, 0.3) is 10.8 Å². The molecule has 0 saturated carbocycles. The van der Waals surface area contributed by atoms with Crippen molar-refractivity contribution < 1.29 is 4.74 Å². The Morgan fingerprint density at radius 1 is 1.15 bits per heavy atom. The maximum atomic E-state index is 6.55. The van der Waals surface area contributed by atoms with Crippen molar-refractivity contribution in [1.29, 1.82) is 0 Å². The SMILES string of the molecule is CC1CCOC1C(N)c1ccc2c3c(cccc13)CC2. The number of hydrogen-bond donors (Lipinski definition) is 1. The van der Waals surface area contributed by atoms with Gasteiger partial charge >= 0.3 is 0 Å². The number of hydrogen-bond acceptors (Lipinski definition) is 2. The van der Waals surface area contributed by atoms with E-state index in [4.69, 9.17) is 10.5 Å². The minimum atomic E-state index is -0.0163. The molecular formula is C18H21NO. The van der Waals surface area contributed by atoms with Crippen molar-refractivity contribution >= 4 is 10.8 Å². The first kappa shape index (κ1) is 12.4. The van der Waals surface area contributed by atoms with Gasteiger partial charge in [0.15, 0.2) is 0 Å². The van der Waals surface area contributed by atoms with E-state index < -0.39 is 0 Å². The second-order valence-corrected chi connectivity index (χ2v) is 6.28. The van der Waals surface area contributed by atoms with Crippen LogP contribution in [0.3, 0.4) is 0 Å². The summed E-state index contributed by atoms with van der Waals surface area (Å²) in [6.45, 7) is 3.10. The summed E-state index contributed by atoms with van der Waals surface area (Å²) in [7, 11) is 0. The lowest BCUT2D eigenvalue weighted by molar-refractivity contribution is 0.0728. The van der Waals surface area contributed by atoms with Crippen LogP contribution in [0.1, 0.15) is 36.1 Å². The van der Waals surface area contributed by atoms with Crippen LogP contribution in [0, 0.1) is 5.92 Å². The molecule has 104 valence electrons. The highest BCUT2D eigenvalue weighted by atomic mass is 16.5. The Kier molecular flexibility index (Phi) is 2.83. The molecule has 0 radical (unpaired) electrons. The lowest BCUT2D eigenvalue weighted by Crippen LogP contribution is -2.30. The molecule has 20 heavy (non-hydrogen) atoms. The molecule has 1 aliphatic heterocycles. The average molecular weight is 267 g/mol. The third-order valence-corrected chi connectivity index (χ3v) is 5.07. The van der Waals surface area contributed by atoms with Crippen molar-refractivity contribution in [2.45, 2.75) is 38.3 Å².